The fraction of sp³-hybridized carbons (Fsp3) is 0.360. The molecule has 184 valence electrons. The van der Waals surface area contributed by atoms with Crippen molar-refractivity contribution in [2.24, 2.45) is 5.92 Å². The summed E-state index contributed by atoms with van der Waals surface area (Å²) < 4.78 is 5.69. The summed E-state index contributed by atoms with van der Waals surface area (Å²) in [5, 5.41) is 8.29. The van der Waals surface area contributed by atoms with Gasteiger partial charge in [-0.3, -0.25) is 19.7 Å². The number of carbonyl (C=O) groups excluding carboxylic acids is 4. The van der Waals surface area contributed by atoms with E-state index in [0.29, 0.717) is 41.0 Å². The van der Waals surface area contributed by atoms with Crippen molar-refractivity contribution in [2.75, 3.05) is 11.9 Å². The van der Waals surface area contributed by atoms with E-state index in [1.54, 1.807) is 30.3 Å². The van der Waals surface area contributed by atoms with E-state index in [9.17, 15) is 19.2 Å². The van der Waals surface area contributed by atoms with E-state index >= 15 is 0 Å². The number of imide groups is 1. The molecule has 0 spiro atoms. The van der Waals surface area contributed by atoms with Crippen LogP contribution in [0.15, 0.2) is 36.4 Å². The van der Waals surface area contributed by atoms with Crippen LogP contribution in [0.1, 0.15) is 48.2 Å². The van der Waals surface area contributed by atoms with Gasteiger partial charge >= 0.3 is 6.03 Å². The van der Waals surface area contributed by atoms with Crippen LogP contribution >= 0.6 is 11.6 Å². The summed E-state index contributed by atoms with van der Waals surface area (Å²) in [6, 6.07) is 9.27. The molecule has 1 saturated heterocycles. The van der Waals surface area contributed by atoms with Crippen LogP contribution in [0.3, 0.4) is 0 Å². The Kier molecular flexibility index (Phi) is 7.25. The maximum absolute atomic E-state index is 12.8. The molecular formula is C25H27ClN4O5. The summed E-state index contributed by atoms with van der Waals surface area (Å²) in [7, 11) is 0. The SMILES string of the molecule is CC(C)COc1cc(Cl)cc(NC(=O)NCc2ccc3c(c2)CN(C2CCC(=O)NC2=O)C3=O)c1. The van der Waals surface area contributed by atoms with Gasteiger partial charge in [0.1, 0.15) is 11.8 Å². The highest BCUT2D eigenvalue weighted by atomic mass is 35.5. The standard InChI is InChI=1S/C25H27ClN4O5/c1-14(2)13-35-19-9-17(26)8-18(10-19)28-25(34)27-11-15-3-4-20-16(7-15)12-30(24(20)33)21-5-6-22(31)29-23(21)32/h3-4,7-10,14,21H,5-6,11-13H2,1-2H3,(H2,27,28,34)(H,29,31,32). The molecule has 10 heteroatoms. The number of rotatable bonds is 7. The molecule has 0 saturated carbocycles. The predicted molar refractivity (Wildman–Crippen MR) is 130 cm³/mol. The van der Waals surface area contributed by atoms with Gasteiger partial charge < -0.3 is 20.3 Å². The molecule has 0 bridgehead atoms. The Morgan fingerprint density at radius 2 is 2.00 bits per heavy atom. The van der Waals surface area contributed by atoms with E-state index in [4.69, 9.17) is 16.3 Å². The second kappa shape index (κ2) is 10.4. The van der Waals surface area contributed by atoms with Gasteiger partial charge in [-0.2, -0.15) is 0 Å². The average Bonchev–Trinajstić information content (AvgIpc) is 3.11. The number of nitrogens with one attached hydrogen (secondary N) is 3. The molecule has 2 aliphatic heterocycles. The molecule has 0 radical (unpaired) electrons. The summed E-state index contributed by atoms with van der Waals surface area (Å²) in [6.45, 7) is 5.13. The third-order valence-corrected chi connectivity index (χ3v) is 5.97. The number of carbonyl (C=O) groups is 4. The van der Waals surface area contributed by atoms with Crippen LogP contribution in [0.5, 0.6) is 5.75 Å². The molecule has 4 rings (SSSR count). The summed E-state index contributed by atoms with van der Waals surface area (Å²) in [5.41, 5.74) is 2.62. The Bertz CT molecular complexity index is 1180. The van der Waals surface area contributed by atoms with Crippen molar-refractivity contribution in [1.82, 2.24) is 15.5 Å². The zero-order valence-corrected chi connectivity index (χ0v) is 20.3. The number of hydrogen-bond acceptors (Lipinski definition) is 5. The van der Waals surface area contributed by atoms with Gasteiger partial charge in [0.25, 0.3) is 5.91 Å². The molecule has 0 aliphatic carbocycles. The van der Waals surface area contributed by atoms with Gasteiger partial charge in [-0.15, -0.1) is 0 Å². The molecule has 0 aromatic heterocycles. The number of nitrogens with zero attached hydrogens (tertiary/aromatic N) is 1. The molecule has 2 aromatic carbocycles. The molecule has 2 aliphatic rings. The van der Waals surface area contributed by atoms with Gasteiger partial charge in [0.15, 0.2) is 0 Å². The van der Waals surface area contributed by atoms with Crippen LogP contribution in [-0.2, 0) is 22.7 Å². The lowest BCUT2D eigenvalue weighted by molar-refractivity contribution is -0.136. The van der Waals surface area contributed by atoms with E-state index in [0.717, 1.165) is 11.1 Å². The van der Waals surface area contributed by atoms with Crippen LogP contribution in [0.25, 0.3) is 0 Å². The fourth-order valence-electron chi connectivity index (χ4n) is 4.08. The molecule has 2 aromatic rings. The van der Waals surface area contributed by atoms with Crippen molar-refractivity contribution < 1.29 is 23.9 Å². The Balaban J connectivity index is 1.35. The zero-order chi connectivity index (χ0) is 25.1. The van der Waals surface area contributed by atoms with Crippen LogP contribution in [0, 0.1) is 5.92 Å². The average molecular weight is 499 g/mol. The van der Waals surface area contributed by atoms with Crippen LogP contribution < -0.4 is 20.7 Å². The van der Waals surface area contributed by atoms with Gasteiger partial charge in [0, 0.05) is 41.9 Å². The predicted octanol–water partition coefficient (Wildman–Crippen LogP) is 3.46. The summed E-state index contributed by atoms with van der Waals surface area (Å²) >= 11 is 6.15. The van der Waals surface area contributed by atoms with Crippen LogP contribution in [0.2, 0.25) is 5.02 Å². The summed E-state index contributed by atoms with van der Waals surface area (Å²) in [4.78, 5) is 50.4. The highest BCUT2D eigenvalue weighted by molar-refractivity contribution is 6.31. The quantitative estimate of drug-likeness (QED) is 0.505. The third-order valence-electron chi connectivity index (χ3n) is 5.75. The third kappa shape index (κ3) is 5.92. The first-order valence-electron chi connectivity index (χ1n) is 11.4. The van der Waals surface area contributed by atoms with Gasteiger partial charge in [-0.05, 0) is 41.7 Å². The number of amides is 5. The topological polar surface area (TPSA) is 117 Å². The first kappa shape index (κ1) is 24.5. The Hall–Kier alpha value is -3.59. The highest BCUT2D eigenvalue weighted by Gasteiger charge is 2.39. The minimum absolute atomic E-state index is 0.207. The maximum Gasteiger partial charge on any atom is 0.319 e. The number of fused-ring (bicyclic) bond motifs is 1. The lowest BCUT2D eigenvalue weighted by atomic mass is 10.0. The smallest absolute Gasteiger partial charge is 0.319 e. The maximum atomic E-state index is 12.8. The van der Waals surface area contributed by atoms with E-state index in [1.807, 2.05) is 19.9 Å². The fourth-order valence-corrected chi connectivity index (χ4v) is 4.30. The van der Waals surface area contributed by atoms with Crippen molar-refractivity contribution in [1.29, 1.82) is 0 Å². The number of benzene rings is 2. The Labute approximate surface area is 208 Å². The minimum atomic E-state index is -0.660. The molecule has 2 heterocycles. The monoisotopic (exact) mass is 498 g/mol. The molecule has 1 fully saturated rings. The zero-order valence-electron chi connectivity index (χ0n) is 19.5. The van der Waals surface area contributed by atoms with Gasteiger partial charge in [-0.1, -0.05) is 37.6 Å². The van der Waals surface area contributed by atoms with E-state index in [2.05, 4.69) is 16.0 Å². The van der Waals surface area contributed by atoms with Crippen molar-refractivity contribution >= 4 is 41.0 Å². The number of hydrogen-bond donors (Lipinski definition) is 3. The van der Waals surface area contributed by atoms with Crippen LogP contribution in [0.4, 0.5) is 10.5 Å². The number of piperidine rings is 1. The molecule has 9 nitrogen and oxygen atoms in total. The van der Waals surface area contributed by atoms with Crippen molar-refractivity contribution in [2.45, 2.75) is 45.8 Å². The summed E-state index contributed by atoms with van der Waals surface area (Å²) in [6.07, 6.45) is 0.519. The van der Waals surface area contributed by atoms with E-state index in [1.165, 1.54) is 4.90 Å². The van der Waals surface area contributed by atoms with Crippen molar-refractivity contribution in [3.63, 3.8) is 0 Å². The number of halogens is 1. The van der Waals surface area contributed by atoms with E-state index in [-0.39, 0.29) is 31.3 Å². The van der Waals surface area contributed by atoms with E-state index < -0.39 is 18.0 Å². The lowest BCUT2D eigenvalue weighted by Gasteiger charge is -2.29. The molecule has 5 amide bonds. The normalized spacial score (nSPS) is 17.3. The van der Waals surface area contributed by atoms with Gasteiger partial charge in [0.2, 0.25) is 11.8 Å². The molecule has 35 heavy (non-hydrogen) atoms. The number of ether oxygens (including phenoxy) is 1. The first-order chi connectivity index (χ1) is 16.7. The lowest BCUT2D eigenvalue weighted by Crippen LogP contribution is -2.52. The first-order valence-corrected chi connectivity index (χ1v) is 11.8. The summed E-state index contributed by atoms with van der Waals surface area (Å²) in [5.74, 6) is -0.0696. The van der Waals surface area contributed by atoms with Crippen LogP contribution in [-0.4, -0.2) is 41.3 Å². The highest BCUT2D eigenvalue weighted by Crippen LogP contribution is 2.28. The molecule has 1 unspecified atom stereocenters. The minimum Gasteiger partial charge on any atom is -0.493 e. The van der Waals surface area contributed by atoms with Crippen molar-refractivity contribution in [3.8, 4) is 5.75 Å². The second-order valence-electron chi connectivity index (χ2n) is 9.08. The Morgan fingerprint density at radius 3 is 2.74 bits per heavy atom. The molecular weight excluding hydrogens is 472 g/mol. The largest absolute Gasteiger partial charge is 0.493 e. The Morgan fingerprint density at radius 1 is 1.20 bits per heavy atom. The number of urea groups is 1. The van der Waals surface area contributed by atoms with Crippen molar-refractivity contribution in [3.05, 3.63) is 58.1 Å². The van der Waals surface area contributed by atoms with Gasteiger partial charge in [-0.25, -0.2) is 4.79 Å². The molecule has 1 atom stereocenters. The van der Waals surface area contributed by atoms with Gasteiger partial charge in [0.05, 0.1) is 6.61 Å². The molecule has 3 N–H and O–H groups in total. The second-order valence-corrected chi connectivity index (χ2v) is 9.52. The number of anilines is 1.